The van der Waals surface area contributed by atoms with Gasteiger partial charge in [0, 0.05) is 13.1 Å². The van der Waals surface area contributed by atoms with Crippen LogP contribution < -0.4 is 0 Å². The molecule has 0 aromatic rings. The number of carbonyl (C=O) groups excluding carboxylic acids is 1. The lowest BCUT2D eigenvalue weighted by atomic mass is 10.1. The van der Waals surface area contributed by atoms with Gasteiger partial charge in [-0.15, -0.1) is 0 Å². The third-order valence-corrected chi connectivity index (χ3v) is 5.78. The standard InChI is InChI=1S/C11H19NO4S/c1-11(14)5-6-12(8-11)10(13)9-4-2-3-7-17(9,15)16/h9,14H,2-8H2,1H3. The van der Waals surface area contributed by atoms with Gasteiger partial charge in [-0.05, 0) is 26.2 Å². The monoisotopic (exact) mass is 261 g/mol. The number of likely N-dealkylation sites (tertiary alicyclic amines) is 1. The lowest BCUT2D eigenvalue weighted by Crippen LogP contribution is -2.45. The molecule has 2 atom stereocenters. The molecule has 2 aliphatic heterocycles. The van der Waals surface area contributed by atoms with Gasteiger partial charge in [-0.25, -0.2) is 8.42 Å². The number of carbonyl (C=O) groups is 1. The highest BCUT2D eigenvalue weighted by atomic mass is 32.2. The molecule has 6 heteroatoms. The molecule has 0 saturated carbocycles. The van der Waals surface area contributed by atoms with Gasteiger partial charge in [-0.2, -0.15) is 0 Å². The molecule has 0 aromatic carbocycles. The highest BCUT2D eigenvalue weighted by molar-refractivity contribution is 7.92. The van der Waals surface area contributed by atoms with Crippen LogP contribution in [-0.4, -0.2) is 54.0 Å². The van der Waals surface area contributed by atoms with Crippen molar-refractivity contribution in [2.45, 2.75) is 43.5 Å². The minimum absolute atomic E-state index is 0.119. The molecule has 0 aromatic heterocycles. The largest absolute Gasteiger partial charge is 0.388 e. The van der Waals surface area contributed by atoms with E-state index in [4.69, 9.17) is 0 Å². The molecular formula is C11H19NO4S. The van der Waals surface area contributed by atoms with Crippen LogP contribution in [0.25, 0.3) is 0 Å². The molecule has 2 unspecified atom stereocenters. The fourth-order valence-corrected chi connectivity index (χ4v) is 4.44. The Kier molecular flexibility index (Phi) is 3.20. The van der Waals surface area contributed by atoms with Crippen LogP contribution in [0.1, 0.15) is 32.6 Å². The van der Waals surface area contributed by atoms with Crippen molar-refractivity contribution in [3.8, 4) is 0 Å². The average Bonchev–Trinajstić information content (AvgIpc) is 2.57. The quantitative estimate of drug-likeness (QED) is 0.717. The second-order valence-electron chi connectivity index (χ2n) is 5.36. The van der Waals surface area contributed by atoms with Gasteiger partial charge in [0.25, 0.3) is 0 Å². The van der Waals surface area contributed by atoms with Crippen molar-refractivity contribution in [3.05, 3.63) is 0 Å². The summed E-state index contributed by atoms with van der Waals surface area (Å²) in [4.78, 5) is 13.6. The number of hydrogen-bond donors (Lipinski definition) is 1. The molecule has 5 nitrogen and oxygen atoms in total. The fraction of sp³-hybridized carbons (Fsp3) is 0.909. The smallest absolute Gasteiger partial charge is 0.241 e. The van der Waals surface area contributed by atoms with Crippen molar-refractivity contribution in [1.29, 1.82) is 0 Å². The number of nitrogens with zero attached hydrogens (tertiary/aromatic N) is 1. The van der Waals surface area contributed by atoms with Crippen molar-refractivity contribution in [3.63, 3.8) is 0 Å². The van der Waals surface area contributed by atoms with Crippen molar-refractivity contribution >= 4 is 15.7 Å². The molecule has 98 valence electrons. The van der Waals surface area contributed by atoms with E-state index in [0.29, 0.717) is 25.8 Å². The number of sulfone groups is 1. The first-order valence-electron chi connectivity index (χ1n) is 6.05. The molecule has 2 rings (SSSR count). The maximum Gasteiger partial charge on any atom is 0.241 e. The summed E-state index contributed by atoms with van der Waals surface area (Å²) in [6, 6.07) is 0. The first kappa shape index (κ1) is 12.8. The summed E-state index contributed by atoms with van der Waals surface area (Å²) < 4.78 is 23.7. The molecule has 0 radical (unpaired) electrons. The van der Waals surface area contributed by atoms with Crippen LogP contribution in [0.4, 0.5) is 0 Å². The molecule has 0 aliphatic carbocycles. The average molecular weight is 261 g/mol. The third-order valence-electron chi connectivity index (χ3n) is 3.62. The number of hydrogen-bond acceptors (Lipinski definition) is 4. The lowest BCUT2D eigenvalue weighted by Gasteiger charge is -2.26. The van der Waals surface area contributed by atoms with Crippen molar-refractivity contribution in [2.24, 2.45) is 0 Å². The predicted octanol–water partition coefficient (Wildman–Crippen LogP) is -0.0630. The minimum Gasteiger partial charge on any atom is -0.388 e. The predicted molar refractivity (Wildman–Crippen MR) is 63.2 cm³/mol. The summed E-state index contributed by atoms with van der Waals surface area (Å²) in [6.45, 7) is 2.38. The molecule has 0 spiro atoms. The lowest BCUT2D eigenvalue weighted by molar-refractivity contribution is -0.130. The van der Waals surface area contributed by atoms with Crippen LogP contribution in [0.15, 0.2) is 0 Å². The van der Waals surface area contributed by atoms with E-state index in [1.807, 2.05) is 0 Å². The summed E-state index contributed by atoms with van der Waals surface area (Å²) in [5, 5.41) is 8.93. The molecule has 2 aliphatic rings. The van der Waals surface area contributed by atoms with Gasteiger partial charge < -0.3 is 10.0 Å². The Balaban J connectivity index is 2.10. The van der Waals surface area contributed by atoms with Crippen LogP contribution in [-0.2, 0) is 14.6 Å². The maximum absolute atomic E-state index is 12.1. The van der Waals surface area contributed by atoms with E-state index in [2.05, 4.69) is 0 Å². The van der Waals surface area contributed by atoms with E-state index >= 15 is 0 Å². The highest BCUT2D eigenvalue weighted by Gasteiger charge is 2.41. The van der Waals surface area contributed by atoms with E-state index in [1.165, 1.54) is 4.90 Å². The van der Waals surface area contributed by atoms with Crippen LogP contribution >= 0.6 is 0 Å². The maximum atomic E-state index is 12.1. The molecule has 1 N–H and O–H groups in total. The third kappa shape index (κ3) is 2.63. The van der Waals surface area contributed by atoms with Gasteiger partial charge in [-0.3, -0.25) is 4.79 Å². The molecular weight excluding hydrogens is 242 g/mol. The summed E-state index contributed by atoms with van der Waals surface area (Å²) in [7, 11) is -3.27. The Labute approximate surface area is 102 Å². The van der Waals surface area contributed by atoms with Crippen molar-refractivity contribution in [2.75, 3.05) is 18.8 Å². The van der Waals surface area contributed by atoms with E-state index in [1.54, 1.807) is 6.92 Å². The SMILES string of the molecule is CC1(O)CCN(C(=O)C2CCCCS2(=O)=O)C1. The van der Waals surface area contributed by atoms with Crippen LogP contribution in [0, 0.1) is 0 Å². The molecule has 1 amide bonds. The topological polar surface area (TPSA) is 74.7 Å². The van der Waals surface area contributed by atoms with Gasteiger partial charge in [0.05, 0.1) is 11.4 Å². The first-order valence-corrected chi connectivity index (χ1v) is 7.76. The Morgan fingerprint density at radius 2 is 2.12 bits per heavy atom. The number of amides is 1. The molecule has 2 fully saturated rings. The van der Waals surface area contributed by atoms with Crippen molar-refractivity contribution in [1.82, 2.24) is 4.90 Å². The van der Waals surface area contributed by atoms with Gasteiger partial charge in [0.1, 0.15) is 5.25 Å². The Hall–Kier alpha value is -0.620. The number of aliphatic hydroxyl groups is 1. The molecule has 17 heavy (non-hydrogen) atoms. The zero-order valence-corrected chi connectivity index (χ0v) is 10.9. The van der Waals surface area contributed by atoms with Crippen LogP contribution in [0.2, 0.25) is 0 Å². The Morgan fingerprint density at radius 3 is 2.65 bits per heavy atom. The van der Waals surface area contributed by atoms with Gasteiger partial charge in [0.15, 0.2) is 9.84 Å². The Morgan fingerprint density at radius 1 is 1.41 bits per heavy atom. The zero-order valence-electron chi connectivity index (χ0n) is 10.1. The van der Waals surface area contributed by atoms with E-state index in [9.17, 15) is 18.3 Å². The molecule has 2 heterocycles. The summed E-state index contributed by atoms with van der Waals surface area (Å²) >= 11 is 0. The van der Waals surface area contributed by atoms with Crippen LogP contribution in [0.5, 0.6) is 0 Å². The second-order valence-corrected chi connectivity index (χ2v) is 7.66. The summed E-state index contributed by atoms with van der Waals surface area (Å²) in [6.07, 6.45) is 2.40. The number of rotatable bonds is 1. The summed E-state index contributed by atoms with van der Waals surface area (Å²) in [5.74, 6) is -0.198. The molecule has 0 bridgehead atoms. The fourth-order valence-electron chi connectivity index (χ4n) is 2.57. The van der Waals surface area contributed by atoms with E-state index in [0.717, 1.165) is 6.42 Å². The molecule has 2 saturated heterocycles. The van der Waals surface area contributed by atoms with Gasteiger partial charge in [0.2, 0.25) is 5.91 Å². The minimum atomic E-state index is -3.27. The van der Waals surface area contributed by atoms with E-state index in [-0.39, 0.29) is 18.2 Å². The normalized spacial score (nSPS) is 37.1. The summed E-state index contributed by atoms with van der Waals surface area (Å²) in [5.41, 5.74) is -0.867. The number of β-amino-alcohol motifs (C(OH)–C–C–N with tert-alkyl or cyclic N) is 1. The zero-order chi connectivity index (χ0) is 12.7. The van der Waals surface area contributed by atoms with Crippen molar-refractivity contribution < 1.29 is 18.3 Å². The van der Waals surface area contributed by atoms with Gasteiger partial charge >= 0.3 is 0 Å². The van der Waals surface area contributed by atoms with Crippen LogP contribution in [0.3, 0.4) is 0 Å². The van der Waals surface area contributed by atoms with Gasteiger partial charge in [-0.1, -0.05) is 6.42 Å². The first-order chi connectivity index (χ1) is 7.82. The van der Waals surface area contributed by atoms with E-state index < -0.39 is 20.7 Å². The Bertz CT molecular complexity index is 415. The highest BCUT2D eigenvalue weighted by Crippen LogP contribution is 2.26. The second kappa shape index (κ2) is 4.24.